The smallest absolute Gasteiger partial charge is 0.330 e. The van der Waals surface area contributed by atoms with E-state index in [2.05, 4.69) is 9.97 Å². The normalized spacial score (nSPS) is 10.9. The lowest BCUT2D eigenvalue weighted by Crippen LogP contribution is -2.41. The number of carbonyl (C=O) groups is 1. The minimum atomic E-state index is -0.694. The number of benzene rings is 2. The topological polar surface area (TPSA) is 119 Å². The maximum atomic E-state index is 13.2. The molecule has 0 atom stereocenters. The number of imidazole rings is 1. The zero-order chi connectivity index (χ0) is 24.9. The minimum Gasteiger partial charge on any atom is -0.383 e. The first-order valence-electron chi connectivity index (χ1n) is 11.1. The molecule has 4 aromatic rings. The molecule has 0 fully saturated rings. The van der Waals surface area contributed by atoms with Gasteiger partial charge in [-0.25, -0.2) is 9.78 Å². The summed E-state index contributed by atoms with van der Waals surface area (Å²) in [4.78, 5) is 46.4. The fourth-order valence-corrected chi connectivity index (χ4v) is 4.66. The largest absolute Gasteiger partial charge is 0.383 e. The lowest BCUT2D eigenvalue weighted by molar-refractivity contribution is -0.116. The molecule has 0 unspecified atom stereocenters. The highest BCUT2D eigenvalue weighted by Crippen LogP contribution is 2.26. The molecule has 0 aliphatic rings. The maximum absolute atomic E-state index is 13.2. The van der Waals surface area contributed by atoms with Gasteiger partial charge in [0.2, 0.25) is 5.91 Å². The number of carbonyl (C=O) groups excluding carboxylic acids is 1. The number of nitrogens with zero attached hydrogens (tertiary/aromatic N) is 4. The molecule has 0 spiro atoms. The molecule has 0 saturated carbocycles. The van der Waals surface area contributed by atoms with Crippen molar-refractivity contribution in [2.75, 3.05) is 22.9 Å². The Bertz CT molecular complexity index is 1440. The molecule has 2 aromatic carbocycles. The van der Waals surface area contributed by atoms with Crippen molar-refractivity contribution in [2.45, 2.75) is 18.6 Å². The molecule has 1 amide bonds. The molecule has 3 N–H and O–H groups in total. The van der Waals surface area contributed by atoms with Crippen LogP contribution in [-0.2, 0) is 18.4 Å². The van der Waals surface area contributed by atoms with Crippen LogP contribution in [-0.4, -0.2) is 37.3 Å². The van der Waals surface area contributed by atoms with Crippen LogP contribution in [0, 0.1) is 0 Å². The molecule has 180 valence electrons. The first kappa shape index (κ1) is 24.1. The molecule has 35 heavy (non-hydrogen) atoms. The van der Waals surface area contributed by atoms with E-state index in [0.717, 1.165) is 16.8 Å². The highest BCUT2D eigenvalue weighted by atomic mass is 32.2. The van der Waals surface area contributed by atoms with E-state index in [0.29, 0.717) is 5.16 Å². The van der Waals surface area contributed by atoms with E-state index in [1.807, 2.05) is 72.3 Å². The quantitative estimate of drug-likeness (QED) is 0.367. The second-order valence-electron chi connectivity index (χ2n) is 7.84. The van der Waals surface area contributed by atoms with Crippen LogP contribution in [0.3, 0.4) is 0 Å². The molecule has 2 aromatic heterocycles. The molecular weight excluding hydrogens is 464 g/mol. The molecule has 2 heterocycles. The minimum absolute atomic E-state index is 0.0292. The third kappa shape index (κ3) is 5.07. The molecule has 0 saturated heterocycles. The van der Waals surface area contributed by atoms with E-state index in [-0.39, 0.29) is 36.3 Å². The average Bonchev–Trinajstić information content (AvgIpc) is 3.24. The second kappa shape index (κ2) is 10.5. The maximum Gasteiger partial charge on any atom is 0.330 e. The fourth-order valence-electron chi connectivity index (χ4n) is 3.83. The Kier molecular flexibility index (Phi) is 7.21. The number of H-pyrrole nitrogens is 1. The van der Waals surface area contributed by atoms with Gasteiger partial charge in [-0.05, 0) is 18.1 Å². The summed E-state index contributed by atoms with van der Waals surface area (Å²) in [5.74, 6) is -0.320. The van der Waals surface area contributed by atoms with Crippen LogP contribution in [0.5, 0.6) is 0 Å². The molecule has 10 heteroatoms. The van der Waals surface area contributed by atoms with E-state index < -0.39 is 11.2 Å². The average molecular weight is 491 g/mol. The van der Waals surface area contributed by atoms with Crippen LogP contribution in [0.15, 0.2) is 81.6 Å². The summed E-state index contributed by atoms with van der Waals surface area (Å²) >= 11 is 1.27. The Morgan fingerprint density at radius 2 is 1.74 bits per heavy atom. The van der Waals surface area contributed by atoms with Gasteiger partial charge in [0, 0.05) is 13.6 Å². The van der Waals surface area contributed by atoms with Gasteiger partial charge in [0.25, 0.3) is 5.56 Å². The van der Waals surface area contributed by atoms with Crippen molar-refractivity contribution >= 4 is 29.2 Å². The Labute approximate surface area is 206 Å². The number of amides is 1. The van der Waals surface area contributed by atoms with E-state index in [1.54, 1.807) is 13.1 Å². The summed E-state index contributed by atoms with van der Waals surface area (Å²) in [5.41, 5.74) is 7.72. The van der Waals surface area contributed by atoms with Crippen molar-refractivity contribution < 1.29 is 4.79 Å². The Morgan fingerprint density at radius 3 is 2.40 bits per heavy atom. The van der Waals surface area contributed by atoms with E-state index >= 15 is 0 Å². The summed E-state index contributed by atoms with van der Waals surface area (Å²) in [6.07, 6.45) is 1.77. The number of nitrogen functional groups attached to an aromatic ring is 1. The van der Waals surface area contributed by atoms with Crippen LogP contribution in [0.1, 0.15) is 12.5 Å². The van der Waals surface area contributed by atoms with Gasteiger partial charge in [0.15, 0.2) is 10.8 Å². The van der Waals surface area contributed by atoms with Crippen molar-refractivity contribution in [3.8, 4) is 11.3 Å². The summed E-state index contributed by atoms with van der Waals surface area (Å²) in [6.45, 7) is 2.14. The monoisotopic (exact) mass is 490 g/mol. The number of aromatic nitrogens is 4. The molecule has 0 aliphatic carbocycles. The summed E-state index contributed by atoms with van der Waals surface area (Å²) in [7, 11) is 1.89. The second-order valence-corrected chi connectivity index (χ2v) is 8.79. The highest BCUT2D eigenvalue weighted by molar-refractivity contribution is 7.99. The summed E-state index contributed by atoms with van der Waals surface area (Å²) in [5, 5.41) is 0.671. The van der Waals surface area contributed by atoms with Gasteiger partial charge >= 0.3 is 5.69 Å². The van der Waals surface area contributed by atoms with Crippen LogP contribution < -0.4 is 21.9 Å². The van der Waals surface area contributed by atoms with Gasteiger partial charge in [-0.3, -0.25) is 19.1 Å². The van der Waals surface area contributed by atoms with E-state index in [4.69, 9.17) is 5.73 Å². The van der Waals surface area contributed by atoms with Crippen molar-refractivity contribution in [1.82, 2.24) is 19.1 Å². The van der Waals surface area contributed by atoms with E-state index in [9.17, 15) is 14.4 Å². The van der Waals surface area contributed by atoms with E-state index in [1.165, 1.54) is 21.2 Å². The highest BCUT2D eigenvalue weighted by Gasteiger charge is 2.24. The zero-order valence-corrected chi connectivity index (χ0v) is 20.3. The lowest BCUT2D eigenvalue weighted by atomic mass is 10.2. The van der Waals surface area contributed by atoms with Gasteiger partial charge in [-0.2, -0.15) is 0 Å². The first-order chi connectivity index (χ1) is 16.9. The molecule has 0 radical (unpaired) electrons. The molecule has 0 bridgehead atoms. The van der Waals surface area contributed by atoms with Crippen molar-refractivity contribution in [1.29, 1.82) is 0 Å². The number of aromatic amines is 1. The molecule has 9 nitrogen and oxygen atoms in total. The van der Waals surface area contributed by atoms with Crippen molar-refractivity contribution in [3.63, 3.8) is 0 Å². The SMILES string of the molecule is CCN(C(=O)CSc1ncc(-c2ccccc2)n1C)c1c(N)n(Cc2ccccc2)c(=O)[nH]c1=O. The van der Waals surface area contributed by atoms with Crippen LogP contribution in [0.2, 0.25) is 0 Å². The van der Waals surface area contributed by atoms with Crippen molar-refractivity contribution in [2.24, 2.45) is 7.05 Å². The predicted octanol–water partition coefficient (Wildman–Crippen LogP) is 2.71. The Balaban J connectivity index is 1.57. The number of hydrogen-bond acceptors (Lipinski definition) is 6. The first-order valence-corrected chi connectivity index (χ1v) is 12.1. The molecule has 4 rings (SSSR count). The Hall–Kier alpha value is -4.05. The van der Waals surface area contributed by atoms with Crippen LogP contribution >= 0.6 is 11.8 Å². The summed E-state index contributed by atoms with van der Waals surface area (Å²) in [6, 6.07) is 19.1. The number of nitrogens with two attached hydrogens (primary N) is 1. The molecular formula is C25H26N6O3S. The lowest BCUT2D eigenvalue weighted by Gasteiger charge is -2.23. The van der Waals surface area contributed by atoms with Gasteiger partial charge in [-0.15, -0.1) is 0 Å². The van der Waals surface area contributed by atoms with Crippen molar-refractivity contribution in [3.05, 3.63) is 93.3 Å². The van der Waals surface area contributed by atoms with Crippen LogP contribution in [0.4, 0.5) is 11.5 Å². The van der Waals surface area contributed by atoms with Gasteiger partial charge in [0.05, 0.1) is 24.2 Å². The predicted molar refractivity (Wildman–Crippen MR) is 139 cm³/mol. The number of nitrogens with one attached hydrogen (secondary N) is 1. The standard InChI is InChI=1S/C25H26N6O3S/c1-3-30(20(32)16-35-25-27-14-19(29(25)2)18-12-8-5-9-13-18)21-22(26)31(24(34)28-23(21)33)15-17-10-6-4-7-11-17/h4-14H,3,15-16,26H2,1-2H3,(H,28,33,34). The summed E-state index contributed by atoms with van der Waals surface area (Å²) < 4.78 is 3.19. The Morgan fingerprint density at radius 1 is 1.09 bits per heavy atom. The third-order valence-electron chi connectivity index (χ3n) is 5.62. The zero-order valence-electron chi connectivity index (χ0n) is 19.5. The molecule has 0 aliphatic heterocycles. The number of anilines is 2. The third-order valence-corrected chi connectivity index (χ3v) is 6.65. The van der Waals surface area contributed by atoms with Crippen LogP contribution in [0.25, 0.3) is 11.3 Å². The number of hydrogen-bond donors (Lipinski definition) is 2. The fraction of sp³-hybridized carbons (Fsp3) is 0.200. The number of thioether (sulfide) groups is 1. The van der Waals surface area contributed by atoms with Gasteiger partial charge in [-0.1, -0.05) is 72.4 Å². The van der Waals surface area contributed by atoms with Gasteiger partial charge in [0.1, 0.15) is 5.82 Å². The number of rotatable bonds is 8. The van der Waals surface area contributed by atoms with Gasteiger partial charge < -0.3 is 15.2 Å².